The number of guanidine groups is 1. The second-order valence-electron chi connectivity index (χ2n) is 6.18. The number of carbonyl (C=O) groups is 1. The predicted octanol–water partition coefficient (Wildman–Crippen LogP) is 3.55. The highest BCUT2D eigenvalue weighted by Gasteiger charge is 2.01. The van der Waals surface area contributed by atoms with Crippen LogP contribution in [0.5, 0.6) is 5.75 Å². The Kier molecular flexibility index (Phi) is 12.9. The summed E-state index contributed by atoms with van der Waals surface area (Å²) >= 11 is 1.70. The molecule has 30 heavy (non-hydrogen) atoms. The molecule has 0 aliphatic rings. The summed E-state index contributed by atoms with van der Waals surface area (Å²) in [6, 6.07) is 14.0. The number of hydrogen-bond donors (Lipinski definition) is 3. The second-order valence-corrected chi connectivity index (χ2v) is 7.35. The number of thioether (sulfide) groups is 1. The number of rotatable bonds is 11. The van der Waals surface area contributed by atoms with E-state index in [2.05, 4.69) is 15.6 Å². The topological polar surface area (TPSA) is 88.7 Å². The molecule has 0 radical (unpaired) electrons. The van der Waals surface area contributed by atoms with Crippen LogP contribution in [0.25, 0.3) is 0 Å². The lowest BCUT2D eigenvalue weighted by molar-refractivity contribution is -0.119. The van der Waals surface area contributed by atoms with E-state index in [1.807, 2.05) is 25.1 Å². The molecule has 0 saturated carbocycles. The van der Waals surface area contributed by atoms with Gasteiger partial charge in [0.15, 0.2) is 12.6 Å². The Balaban J connectivity index is 0.00000450. The first-order chi connectivity index (χ1) is 14.1. The summed E-state index contributed by atoms with van der Waals surface area (Å²) in [6.45, 7) is 3.89. The molecular formula is C21H28FIN4O2S. The Hall–Kier alpha value is -2.01. The van der Waals surface area contributed by atoms with Crippen molar-refractivity contribution in [3.63, 3.8) is 0 Å². The van der Waals surface area contributed by atoms with Gasteiger partial charge in [-0.2, -0.15) is 0 Å². The van der Waals surface area contributed by atoms with Gasteiger partial charge in [0, 0.05) is 18.0 Å². The number of nitrogens with one attached hydrogen (secondary N) is 2. The number of primary amides is 1. The summed E-state index contributed by atoms with van der Waals surface area (Å²) in [5, 5.41) is 6.53. The molecule has 9 heteroatoms. The van der Waals surface area contributed by atoms with Gasteiger partial charge in [-0.05, 0) is 61.1 Å². The molecule has 0 aromatic heterocycles. The molecule has 1 amide bonds. The van der Waals surface area contributed by atoms with Crippen molar-refractivity contribution >= 4 is 47.6 Å². The maximum absolute atomic E-state index is 12.9. The van der Waals surface area contributed by atoms with Crippen LogP contribution in [0.4, 0.5) is 4.39 Å². The molecule has 2 rings (SSSR count). The van der Waals surface area contributed by atoms with Gasteiger partial charge in [0.2, 0.25) is 0 Å². The van der Waals surface area contributed by atoms with Crippen molar-refractivity contribution in [1.29, 1.82) is 0 Å². The molecule has 0 aliphatic carbocycles. The van der Waals surface area contributed by atoms with E-state index in [1.54, 1.807) is 30.0 Å². The summed E-state index contributed by atoms with van der Waals surface area (Å²) in [5.74, 6) is 1.53. The monoisotopic (exact) mass is 546 g/mol. The number of carbonyl (C=O) groups excluding carboxylic acids is 1. The number of halogens is 2. The van der Waals surface area contributed by atoms with Crippen molar-refractivity contribution < 1.29 is 13.9 Å². The van der Waals surface area contributed by atoms with Crippen molar-refractivity contribution in [2.24, 2.45) is 10.7 Å². The van der Waals surface area contributed by atoms with Gasteiger partial charge in [0.05, 0.1) is 6.54 Å². The molecule has 0 aliphatic heterocycles. The Labute approximate surface area is 198 Å². The smallest absolute Gasteiger partial charge is 0.255 e. The zero-order chi connectivity index (χ0) is 20.9. The number of nitrogens with two attached hydrogens (primary N) is 1. The molecule has 2 aromatic carbocycles. The number of benzene rings is 2. The molecular weight excluding hydrogens is 518 g/mol. The van der Waals surface area contributed by atoms with Gasteiger partial charge in [0.25, 0.3) is 5.91 Å². The highest BCUT2D eigenvalue weighted by Crippen LogP contribution is 2.18. The lowest BCUT2D eigenvalue weighted by Crippen LogP contribution is -2.37. The highest BCUT2D eigenvalue weighted by molar-refractivity contribution is 14.0. The van der Waals surface area contributed by atoms with Crippen LogP contribution < -0.4 is 21.1 Å². The number of hydrogen-bond acceptors (Lipinski definition) is 4. The maximum atomic E-state index is 12.9. The van der Waals surface area contributed by atoms with Crippen molar-refractivity contribution in [1.82, 2.24) is 10.6 Å². The summed E-state index contributed by atoms with van der Waals surface area (Å²) in [4.78, 5) is 16.5. The summed E-state index contributed by atoms with van der Waals surface area (Å²) < 4.78 is 18.2. The van der Waals surface area contributed by atoms with Crippen molar-refractivity contribution in [3.8, 4) is 5.75 Å². The third-order valence-corrected chi connectivity index (χ3v) is 4.84. The van der Waals surface area contributed by atoms with Crippen LogP contribution in [-0.2, 0) is 11.3 Å². The Morgan fingerprint density at radius 3 is 2.67 bits per heavy atom. The van der Waals surface area contributed by atoms with Gasteiger partial charge in [-0.3, -0.25) is 4.79 Å². The quantitative estimate of drug-likeness (QED) is 0.132. The van der Waals surface area contributed by atoms with E-state index >= 15 is 0 Å². The van der Waals surface area contributed by atoms with Gasteiger partial charge in [0.1, 0.15) is 11.6 Å². The third-order valence-electron chi connectivity index (χ3n) is 3.74. The highest BCUT2D eigenvalue weighted by atomic mass is 127. The van der Waals surface area contributed by atoms with Crippen molar-refractivity contribution in [3.05, 3.63) is 59.9 Å². The zero-order valence-corrected chi connectivity index (χ0v) is 20.0. The van der Waals surface area contributed by atoms with Gasteiger partial charge in [-0.25, -0.2) is 9.38 Å². The molecule has 2 aromatic rings. The van der Waals surface area contributed by atoms with Crippen molar-refractivity contribution in [2.75, 3.05) is 25.4 Å². The maximum Gasteiger partial charge on any atom is 0.255 e. The van der Waals surface area contributed by atoms with Crippen molar-refractivity contribution in [2.45, 2.75) is 24.8 Å². The summed E-state index contributed by atoms with van der Waals surface area (Å²) in [6.07, 6.45) is 0.947. The van der Waals surface area contributed by atoms with E-state index in [9.17, 15) is 9.18 Å². The van der Waals surface area contributed by atoms with E-state index in [-0.39, 0.29) is 36.4 Å². The lowest BCUT2D eigenvalue weighted by Gasteiger charge is -2.11. The van der Waals surface area contributed by atoms with Gasteiger partial charge in [-0.15, -0.1) is 35.7 Å². The Morgan fingerprint density at radius 1 is 1.20 bits per heavy atom. The second kappa shape index (κ2) is 14.9. The van der Waals surface area contributed by atoms with Crippen LogP contribution >= 0.6 is 35.7 Å². The molecule has 0 bridgehead atoms. The number of ether oxygens (including phenoxy) is 1. The van der Waals surface area contributed by atoms with Crippen LogP contribution in [0.3, 0.4) is 0 Å². The van der Waals surface area contributed by atoms with E-state index in [0.717, 1.165) is 41.7 Å². The Bertz CT molecular complexity index is 806. The minimum Gasteiger partial charge on any atom is -0.484 e. The largest absolute Gasteiger partial charge is 0.484 e. The van der Waals surface area contributed by atoms with Crippen LogP contribution in [-0.4, -0.2) is 37.3 Å². The minimum absolute atomic E-state index is 0. The van der Waals surface area contributed by atoms with Gasteiger partial charge < -0.3 is 21.1 Å². The molecule has 6 nitrogen and oxygen atoms in total. The molecule has 4 N–H and O–H groups in total. The standard InChI is InChI=1S/C21H27FN4O2S.HI/c1-2-24-21(25-11-4-12-29-19-9-7-17(22)8-10-19)26-14-16-5-3-6-18(13-16)28-15-20(23)27;/h3,5-10,13H,2,4,11-12,14-15H2,1H3,(H2,23,27)(H2,24,25,26);1H. The normalized spacial score (nSPS) is 10.8. The molecule has 0 atom stereocenters. The summed E-state index contributed by atoms with van der Waals surface area (Å²) in [7, 11) is 0. The van der Waals surface area contributed by atoms with E-state index in [0.29, 0.717) is 12.3 Å². The van der Waals surface area contributed by atoms with Crippen LogP contribution in [0, 0.1) is 5.82 Å². The molecule has 0 spiro atoms. The fourth-order valence-electron chi connectivity index (χ4n) is 2.40. The SMILES string of the molecule is CCNC(=NCc1cccc(OCC(N)=O)c1)NCCCSc1ccc(F)cc1.I. The Morgan fingerprint density at radius 2 is 1.97 bits per heavy atom. The number of amides is 1. The number of aliphatic imine (C=N–C) groups is 1. The first-order valence-electron chi connectivity index (χ1n) is 9.47. The molecule has 164 valence electrons. The van der Waals surface area contributed by atoms with E-state index in [4.69, 9.17) is 10.5 Å². The fourth-order valence-corrected chi connectivity index (χ4v) is 3.25. The van der Waals surface area contributed by atoms with E-state index in [1.165, 1.54) is 12.1 Å². The average Bonchev–Trinajstić information content (AvgIpc) is 2.72. The molecule has 0 unspecified atom stereocenters. The third kappa shape index (κ3) is 10.7. The van der Waals surface area contributed by atoms with Crippen LogP contribution in [0.1, 0.15) is 18.9 Å². The lowest BCUT2D eigenvalue weighted by atomic mass is 10.2. The number of nitrogens with zero attached hydrogens (tertiary/aromatic N) is 1. The molecule has 0 heterocycles. The molecule has 0 saturated heterocycles. The summed E-state index contributed by atoms with van der Waals surface area (Å²) in [5.41, 5.74) is 6.07. The zero-order valence-electron chi connectivity index (χ0n) is 16.9. The minimum atomic E-state index is -0.510. The first kappa shape index (κ1) is 26.0. The van der Waals surface area contributed by atoms with Gasteiger partial charge in [-0.1, -0.05) is 12.1 Å². The van der Waals surface area contributed by atoms with Crippen LogP contribution in [0.2, 0.25) is 0 Å². The van der Waals surface area contributed by atoms with Crippen LogP contribution in [0.15, 0.2) is 58.4 Å². The fraction of sp³-hybridized carbons (Fsp3) is 0.333. The average molecular weight is 546 g/mol. The van der Waals surface area contributed by atoms with Gasteiger partial charge >= 0.3 is 0 Å². The van der Waals surface area contributed by atoms with E-state index < -0.39 is 5.91 Å². The first-order valence-corrected chi connectivity index (χ1v) is 10.5. The molecule has 0 fully saturated rings. The predicted molar refractivity (Wildman–Crippen MR) is 131 cm³/mol.